The Kier molecular flexibility index (Phi) is 8.14. The van der Waals surface area contributed by atoms with Crippen LogP contribution in [0.4, 0.5) is 0 Å². The van der Waals surface area contributed by atoms with E-state index in [2.05, 4.69) is 0 Å². The first-order valence-corrected chi connectivity index (χ1v) is 4.08. The lowest BCUT2D eigenvalue weighted by Crippen LogP contribution is -2.45. The van der Waals surface area contributed by atoms with Gasteiger partial charge in [-0.1, -0.05) is 0 Å². The van der Waals surface area contributed by atoms with Crippen LogP contribution in [0.1, 0.15) is 0 Å². The zero-order chi connectivity index (χ0) is 7.33. The van der Waals surface area contributed by atoms with Gasteiger partial charge in [-0.15, -0.1) is 0 Å². The fraction of sp³-hybridized carbons (Fsp3) is 1.00. The first-order valence-electron chi connectivity index (χ1n) is 2.45. The second kappa shape index (κ2) is 6.21. The van der Waals surface area contributed by atoms with Crippen LogP contribution in [0.2, 0.25) is 0 Å². The van der Waals surface area contributed by atoms with Gasteiger partial charge >= 0.3 is 9.05 Å². The molecule has 0 heterocycles. The first-order chi connectivity index (χ1) is 4.24. The van der Waals surface area contributed by atoms with Crippen molar-refractivity contribution in [1.82, 2.24) is 0 Å². The lowest BCUT2D eigenvalue weighted by atomic mass is 11.8. The van der Waals surface area contributed by atoms with Crippen molar-refractivity contribution in [2.75, 3.05) is 28.4 Å². The number of hydrogen-bond acceptors (Lipinski definition) is 4. The standard InChI is InChI=1S/C4H12O4Si.P/c1-5-9(6-2,7-3)8-4;/h1-4H3;. The van der Waals surface area contributed by atoms with Crippen LogP contribution in [-0.2, 0) is 17.7 Å². The predicted octanol–water partition coefficient (Wildman–Crippen LogP) is 0.869. The van der Waals surface area contributed by atoms with E-state index in [1.54, 1.807) is 0 Å². The average molecular weight is 183 g/mol. The van der Waals surface area contributed by atoms with E-state index < -0.39 is 9.05 Å². The van der Waals surface area contributed by atoms with Crippen molar-refractivity contribution in [1.29, 1.82) is 0 Å². The van der Waals surface area contributed by atoms with Gasteiger partial charge in [-0.05, 0) is 0 Å². The molecule has 3 radical (unpaired) electrons. The zero-order valence-electron chi connectivity index (χ0n) is 6.58. The fourth-order valence-corrected chi connectivity index (χ4v) is 1.50. The van der Waals surface area contributed by atoms with Gasteiger partial charge in [0.05, 0.1) is 0 Å². The molecule has 0 aliphatic heterocycles. The van der Waals surface area contributed by atoms with Gasteiger partial charge in [-0.2, -0.15) is 0 Å². The van der Waals surface area contributed by atoms with Crippen molar-refractivity contribution in [3.63, 3.8) is 0 Å². The van der Waals surface area contributed by atoms with Crippen LogP contribution in [0.15, 0.2) is 0 Å². The van der Waals surface area contributed by atoms with Gasteiger partial charge in [0.15, 0.2) is 0 Å². The molecule has 6 heteroatoms. The summed E-state index contributed by atoms with van der Waals surface area (Å²) in [4.78, 5) is 0. The van der Waals surface area contributed by atoms with Crippen LogP contribution in [0.25, 0.3) is 0 Å². The minimum atomic E-state index is -2.69. The molecule has 0 aliphatic rings. The summed E-state index contributed by atoms with van der Waals surface area (Å²) >= 11 is 0. The number of rotatable bonds is 4. The van der Waals surface area contributed by atoms with Gasteiger partial charge in [0.2, 0.25) is 0 Å². The van der Waals surface area contributed by atoms with Crippen LogP contribution < -0.4 is 0 Å². The lowest BCUT2D eigenvalue weighted by Gasteiger charge is -2.19. The third kappa shape index (κ3) is 3.05. The van der Waals surface area contributed by atoms with E-state index in [0.717, 1.165) is 0 Å². The molecule has 4 nitrogen and oxygen atoms in total. The maximum atomic E-state index is 4.86. The van der Waals surface area contributed by atoms with Crippen LogP contribution in [0.5, 0.6) is 0 Å². The molecule has 0 atom stereocenters. The minimum absolute atomic E-state index is 0. The Morgan fingerprint density at radius 1 is 0.700 bits per heavy atom. The van der Waals surface area contributed by atoms with Crippen LogP contribution in [0.3, 0.4) is 0 Å². The molecule has 0 aliphatic carbocycles. The van der Waals surface area contributed by atoms with Gasteiger partial charge < -0.3 is 17.7 Å². The molecular formula is C4H12O4PSi. The molecule has 0 aromatic rings. The van der Waals surface area contributed by atoms with E-state index in [0.29, 0.717) is 0 Å². The average Bonchev–Trinajstić information content (AvgIpc) is 1.95. The van der Waals surface area contributed by atoms with E-state index in [1.807, 2.05) is 0 Å². The van der Waals surface area contributed by atoms with Crippen molar-refractivity contribution in [2.45, 2.75) is 0 Å². The van der Waals surface area contributed by atoms with Crippen LogP contribution >= 0.6 is 9.90 Å². The molecule has 0 aromatic heterocycles. The monoisotopic (exact) mass is 183 g/mol. The molecule has 0 N–H and O–H groups in total. The van der Waals surface area contributed by atoms with Crippen molar-refractivity contribution < 1.29 is 17.7 Å². The predicted molar refractivity (Wildman–Crippen MR) is 40.7 cm³/mol. The molecule has 0 rings (SSSR count). The molecule has 61 valence electrons. The molecule has 0 saturated heterocycles. The van der Waals surface area contributed by atoms with Crippen LogP contribution in [-0.4, -0.2) is 37.5 Å². The Bertz CT molecular complexity index is 60.1. The Balaban J connectivity index is 0. The summed E-state index contributed by atoms with van der Waals surface area (Å²) in [5, 5.41) is 0. The minimum Gasteiger partial charge on any atom is -0.355 e. The van der Waals surface area contributed by atoms with Gasteiger partial charge in [-0.25, -0.2) is 0 Å². The van der Waals surface area contributed by atoms with E-state index in [1.165, 1.54) is 28.4 Å². The summed E-state index contributed by atoms with van der Waals surface area (Å²) in [5.74, 6) is 0. The van der Waals surface area contributed by atoms with E-state index in [4.69, 9.17) is 17.7 Å². The number of hydrogen-bond donors (Lipinski definition) is 0. The van der Waals surface area contributed by atoms with E-state index in [-0.39, 0.29) is 9.90 Å². The summed E-state index contributed by atoms with van der Waals surface area (Å²) < 4.78 is 19.4. The lowest BCUT2D eigenvalue weighted by molar-refractivity contribution is 0.0226. The van der Waals surface area contributed by atoms with Gasteiger partial charge in [-0.3, -0.25) is 0 Å². The quantitative estimate of drug-likeness (QED) is 0.478. The highest BCUT2D eigenvalue weighted by molar-refractivity contribution is 6.92. The highest BCUT2D eigenvalue weighted by Gasteiger charge is 2.40. The van der Waals surface area contributed by atoms with E-state index in [9.17, 15) is 0 Å². The third-order valence-corrected chi connectivity index (χ3v) is 3.00. The fourth-order valence-electron chi connectivity index (χ4n) is 0.500. The Hall–Kier alpha value is 0.487. The molecule has 0 unspecified atom stereocenters. The van der Waals surface area contributed by atoms with Crippen molar-refractivity contribution >= 4 is 18.9 Å². The molecular weight excluding hydrogens is 171 g/mol. The molecule has 0 amide bonds. The van der Waals surface area contributed by atoms with E-state index >= 15 is 0 Å². The largest absolute Gasteiger partial charge is 0.678 e. The summed E-state index contributed by atoms with van der Waals surface area (Å²) in [6.07, 6.45) is 0. The zero-order valence-corrected chi connectivity index (χ0v) is 8.47. The normalized spacial score (nSPS) is 10.8. The van der Waals surface area contributed by atoms with Crippen molar-refractivity contribution in [3.05, 3.63) is 0 Å². The molecule has 0 aromatic carbocycles. The third-order valence-electron chi connectivity index (χ3n) is 1.00. The maximum absolute atomic E-state index is 4.86. The maximum Gasteiger partial charge on any atom is 0.678 e. The molecule has 0 fully saturated rings. The second-order valence-corrected chi connectivity index (χ2v) is 3.95. The molecule has 0 spiro atoms. The van der Waals surface area contributed by atoms with Gasteiger partial charge in [0, 0.05) is 38.3 Å². The summed E-state index contributed by atoms with van der Waals surface area (Å²) in [6, 6.07) is 0. The summed E-state index contributed by atoms with van der Waals surface area (Å²) in [7, 11) is 3.26. The molecule has 0 saturated carbocycles. The van der Waals surface area contributed by atoms with Gasteiger partial charge in [0.1, 0.15) is 0 Å². The second-order valence-electron chi connectivity index (χ2n) is 1.32. The van der Waals surface area contributed by atoms with Crippen LogP contribution in [0, 0.1) is 0 Å². The summed E-state index contributed by atoms with van der Waals surface area (Å²) in [6.45, 7) is 0. The Labute approximate surface area is 65.9 Å². The smallest absolute Gasteiger partial charge is 0.355 e. The SMILES string of the molecule is CO[Si](OC)(OC)OC.[P]. The molecule has 10 heavy (non-hydrogen) atoms. The molecule has 0 bridgehead atoms. The first kappa shape index (κ1) is 13.1. The Morgan fingerprint density at radius 2 is 0.900 bits per heavy atom. The summed E-state index contributed by atoms with van der Waals surface area (Å²) in [5.41, 5.74) is 0. The highest BCUT2D eigenvalue weighted by atomic mass is 31.0. The van der Waals surface area contributed by atoms with Gasteiger partial charge in [0.25, 0.3) is 0 Å². The Morgan fingerprint density at radius 3 is 0.900 bits per heavy atom. The topological polar surface area (TPSA) is 36.9 Å². The van der Waals surface area contributed by atoms with Crippen molar-refractivity contribution in [2.24, 2.45) is 0 Å². The van der Waals surface area contributed by atoms with Crippen molar-refractivity contribution in [3.8, 4) is 0 Å². The highest BCUT2D eigenvalue weighted by Crippen LogP contribution is 2.04.